The van der Waals surface area contributed by atoms with Gasteiger partial charge in [0.1, 0.15) is 10.6 Å². The summed E-state index contributed by atoms with van der Waals surface area (Å²) in [6.07, 6.45) is 0.731. The molecule has 1 atom stereocenters. The summed E-state index contributed by atoms with van der Waals surface area (Å²) < 4.78 is 33.0. The highest BCUT2D eigenvalue weighted by molar-refractivity contribution is 9.10. The van der Waals surface area contributed by atoms with Crippen LogP contribution < -0.4 is 9.46 Å². The van der Waals surface area contributed by atoms with E-state index in [4.69, 9.17) is 4.74 Å². The van der Waals surface area contributed by atoms with Crippen molar-refractivity contribution in [1.29, 1.82) is 0 Å². The van der Waals surface area contributed by atoms with E-state index < -0.39 is 10.0 Å². The molecule has 0 spiro atoms. The summed E-state index contributed by atoms with van der Waals surface area (Å²) in [6.45, 7) is 5.63. The van der Waals surface area contributed by atoms with Crippen LogP contribution in [0.2, 0.25) is 0 Å². The van der Waals surface area contributed by atoms with Gasteiger partial charge in [-0.2, -0.15) is 0 Å². The van der Waals surface area contributed by atoms with Crippen LogP contribution in [0.4, 0.5) is 0 Å². The molecule has 0 aromatic heterocycles. The van der Waals surface area contributed by atoms with Gasteiger partial charge >= 0.3 is 0 Å². The number of halogens is 1. The number of sulfonamides is 1. The van der Waals surface area contributed by atoms with Crippen molar-refractivity contribution in [1.82, 2.24) is 4.72 Å². The highest BCUT2D eigenvalue weighted by Gasteiger charge is 2.22. The molecule has 1 aromatic rings. The molecule has 0 saturated heterocycles. The maximum absolute atomic E-state index is 12.2. The Balaban J connectivity index is 3.27. The maximum Gasteiger partial charge on any atom is 0.244 e. The van der Waals surface area contributed by atoms with E-state index in [1.54, 1.807) is 12.1 Å². The Kier molecular flexibility index (Phi) is 5.19. The van der Waals surface area contributed by atoms with E-state index in [1.807, 2.05) is 20.8 Å². The molecule has 1 N–H and O–H groups in total. The van der Waals surface area contributed by atoms with E-state index >= 15 is 0 Å². The number of rotatable bonds is 5. The van der Waals surface area contributed by atoms with Crippen LogP contribution in [0.15, 0.2) is 21.5 Å². The van der Waals surface area contributed by atoms with Crippen LogP contribution in [0.25, 0.3) is 0 Å². The molecule has 6 heteroatoms. The monoisotopic (exact) mass is 335 g/mol. The largest absolute Gasteiger partial charge is 0.495 e. The van der Waals surface area contributed by atoms with E-state index in [1.165, 1.54) is 7.11 Å². The summed E-state index contributed by atoms with van der Waals surface area (Å²) in [5.41, 5.74) is 0.925. The predicted octanol–water partition coefficient (Wildman–Crippen LogP) is 2.84. The summed E-state index contributed by atoms with van der Waals surface area (Å²) in [7, 11) is -2.10. The van der Waals surface area contributed by atoms with Gasteiger partial charge in [-0.15, -0.1) is 0 Å². The summed E-state index contributed by atoms with van der Waals surface area (Å²) in [6, 6.07) is 3.16. The first kappa shape index (κ1) is 15.5. The van der Waals surface area contributed by atoms with Gasteiger partial charge in [0.2, 0.25) is 10.0 Å². The lowest BCUT2D eigenvalue weighted by atomic mass is 10.2. The third-order valence-electron chi connectivity index (χ3n) is 2.70. The Morgan fingerprint density at radius 2 is 2.06 bits per heavy atom. The van der Waals surface area contributed by atoms with Gasteiger partial charge in [0.15, 0.2) is 0 Å². The third-order valence-corrected chi connectivity index (χ3v) is 5.17. The topological polar surface area (TPSA) is 55.4 Å². The second kappa shape index (κ2) is 6.04. The van der Waals surface area contributed by atoms with Crippen molar-refractivity contribution < 1.29 is 13.2 Å². The first-order chi connectivity index (χ1) is 8.31. The standard InChI is InChI=1S/C12H18BrNO3S/c1-5-9(3)14-18(15,16)12-7-10(13)8(2)6-11(12)17-4/h6-7,9,14H,5H2,1-4H3/t9-/m1/s1. The molecule has 0 radical (unpaired) electrons. The minimum Gasteiger partial charge on any atom is -0.495 e. The predicted molar refractivity (Wildman–Crippen MR) is 75.5 cm³/mol. The van der Waals surface area contributed by atoms with E-state index in [-0.39, 0.29) is 10.9 Å². The maximum atomic E-state index is 12.2. The molecule has 0 aliphatic heterocycles. The second-order valence-corrected chi connectivity index (χ2v) is 6.72. The van der Waals surface area contributed by atoms with Crippen LogP contribution in [0, 0.1) is 6.92 Å². The van der Waals surface area contributed by atoms with E-state index in [2.05, 4.69) is 20.7 Å². The molecule has 0 amide bonds. The first-order valence-corrected chi connectivity index (χ1v) is 7.96. The molecule has 0 aliphatic carbocycles. The van der Waals surface area contributed by atoms with Crippen molar-refractivity contribution in [3.8, 4) is 5.75 Å². The average Bonchev–Trinajstić information content (AvgIpc) is 2.31. The molecule has 4 nitrogen and oxygen atoms in total. The Morgan fingerprint density at radius 3 is 2.56 bits per heavy atom. The van der Waals surface area contributed by atoms with Crippen molar-refractivity contribution in [2.75, 3.05) is 7.11 Å². The van der Waals surface area contributed by atoms with Gasteiger partial charge in [-0.25, -0.2) is 13.1 Å². The molecule has 1 aromatic carbocycles. The molecule has 0 fully saturated rings. The van der Waals surface area contributed by atoms with Gasteiger partial charge in [0.05, 0.1) is 7.11 Å². The fourth-order valence-electron chi connectivity index (χ4n) is 1.42. The number of hydrogen-bond donors (Lipinski definition) is 1. The van der Waals surface area contributed by atoms with Crippen molar-refractivity contribution in [3.05, 3.63) is 22.2 Å². The molecule has 1 rings (SSSR count). The Labute approximate surface area is 117 Å². The van der Waals surface area contributed by atoms with Crippen LogP contribution in [0.3, 0.4) is 0 Å². The lowest BCUT2D eigenvalue weighted by Gasteiger charge is -2.15. The lowest BCUT2D eigenvalue weighted by molar-refractivity contribution is 0.401. The van der Waals surface area contributed by atoms with Crippen molar-refractivity contribution >= 4 is 26.0 Å². The zero-order valence-electron chi connectivity index (χ0n) is 11.0. The fourth-order valence-corrected chi connectivity index (χ4v) is 3.42. The van der Waals surface area contributed by atoms with Crippen molar-refractivity contribution in [3.63, 3.8) is 0 Å². The van der Waals surface area contributed by atoms with Gasteiger partial charge in [0, 0.05) is 10.5 Å². The molecule has 102 valence electrons. The van der Waals surface area contributed by atoms with Gasteiger partial charge in [0.25, 0.3) is 0 Å². The van der Waals surface area contributed by atoms with E-state index in [9.17, 15) is 8.42 Å². The second-order valence-electron chi connectivity index (χ2n) is 4.18. The van der Waals surface area contributed by atoms with E-state index in [0.717, 1.165) is 16.5 Å². The zero-order chi connectivity index (χ0) is 13.9. The molecular formula is C12H18BrNO3S. The quantitative estimate of drug-likeness (QED) is 0.900. The van der Waals surface area contributed by atoms with Gasteiger partial charge < -0.3 is 4.74 Å². The average molecular weight is 336 g/mol. The van der Waals surface area contributed by atoms with Crippen LogP contribution in [-0.4, -0.2) is 21.6 Å². The molecule has 0 aliphatic rings. The normalized spacial score (nSPS) is 13.4. The smallest absolute Gasteiger partial charge is 0.244 e. The summed E-state index contributed by atoms with van der Waals surface area (Å²) in [4.78, 5) is 0.155. The number of ether oxygens (including phenoxy) is 1. The zero-order valence-corrected chi connectivity index (χ0v) is 13.4. The third kappa shape index (κ3) is 3.46. The van der Waals surface area contributed by atoms with Crippen LogP contribution in [0.5, 0.6) is 5.75 Å². The molecule has 0 heterocycles. The Hall–Kier alpha value is -0.590. The molecule has 0 saturated carbocycles. The molecule has 0 bridgehead atoms. The minimum atomic E-state index is -3.56. The molecule has 0 unspecified atom stereocenters. The summed E-state index contributed by atoms with van der Waals surface area (Å²) in [5.74, 6) is 0.353. The molecular weight excluding hydrogens is 318 g/mol. The van der Waals surface area contributed by atoms with Gasteiger partial charge in [-0.3, -0.25) is 0 Å². The summed E-state index contributed by atoms with van der Waals surface area (Å²) >= 11 is 3.34. The highest BCUT2D eigenvalue weighted by atomic mass is 79.9. The number of benzene rings is 1. The SMILES string of the molecule is CC[C@@H](C)NS(=O)(=O)c1cc(Br)c(C)cc1OC. The fraction of sp³-hybridized carbons (Fsp3) is 0.500. The van der Waals surface area contributed by atoms with Crippen LogP contribution in [-0.2, 0) is 10.0 Å². The van der Waals surface area contributed by atoms with Crippen molar-refractivity contribution in [2.45, 2.75) is 38.1 Å². The summed E-state index contributed by atoms with van der Waals surface area (Å²) in [5, 5.41) is 0. The number of aryl methyl sites for hydroxylation is 1. The Morgan fingerprint density at radius 1 is 1.44 bits per heavy atom. The number of hydrogen-bond acceptors (Lipinski definition) is 3. The first-order valence-electron chi connectivity index (χ1n) is 5.68. The molecule has 18 heavy (non-hydrogen) atoms. The number of methoxy groups -OCH3 is 1. The van der Waals surface area contributed by atoms with Crippen molar-refractivity contribution in [2.24, 2.45) is 0 Å². The lowest BCUT2D eigenvalue weighted by Crippen LogP contribution is -2.32. The highest BCUT2D eigenvalue weighted by Crippen LogP contribution is 2.30. The van der Waals surface area contributed by atoms with Gasteiger partial charge in [-0.05, 0) is 38.0 Å². The van der Waals surface area contributed by atoms with E-state index in [0.29, 0.717) is 5.75 Å². The minimum absolute atomic E-state index is 0.111. The Bertz CT molecular complexity index is 528. The van der Waals surface area contributed by atoms with Crippen LogP contribution >= 0.6 is 15.9 Å². The number of nitrogens with one attached hydrogen (secondary N) is 1. The van der Waals surface area contributed by atoms with Gasteiger partial charge in [-0.1, -0.05) is 22.9 Å². The van der Waals surface area contributed by atoms with Crippen LogP contribution in [0.1, 0.15) is 25.8 Å².